The molecule has 7 heteroatoms. The first-order valence-electron chi connectivity index (χ1n) is 8.60. The summed E-state index contributed by atoms with van der Waals surface area (Å²) in [5, 5.41) is 12.2. The highest BCUT2D eigenvalue weighted by atomic mass is 16.6. The highest BCUT2D eigenvalue weighted by molar-refractivity contribution is 5.92. The molecule has 1 unspecified atom stereocenters. The van der Waals surface area contributed by atoms with E-state index in [-0.39, 0.29) is 17.2 Å². The number of hydrogen-bond acceptors (Lipinski definition) is 6. The van der Waals surface area contributed by atoms with Crippen molar-refractivity contribution >= 4 is 17.7 Å². The van der Waals surface area contributed by atoms with E-state index in [2.05, 4.69) is 10.2 Å². The average Bonchev–Trinajstić information content (AvgIpc) is 2.59. The molecule has 1 N–H and O–H groups in total. The van der Waals surface area contributed by atoms with Gasteiger partial charge in [-0.3, -0.25) is 0 Å². The van der Waals surface area contributed by atoms with E-state index >= 15 is 0 Å². The fourth-order valence-electron chi connectivity index (χ4n) is 2.91. The van der Waals surface area contributed by atoms with Crippen molar-refractivity contribution in [3.05, 3.63) is 29.3 Å². The number of carbonyl (C=O) groups is 2. The van der Waals surface area contributed by atoms with Crippen molar-refractivity contribution in [2.45, 2.75) is 45.3 Å². The van der Waals surface area contributed by atoms with Crippen molar-refractivity contribution in [3.8, 4) is 6.07 Å². The van der Waals surface area contributed by atoms with E-state index in [1.807, 2.05) is 26.8 Å². The molecule has 1 atom stereocenters. The Morgan fingerprint density at radius 1 is 1.35 bits per heavy atom. The number of nitrogens with one attached hydrogen (secondary N) is 1. The van der Waals surface area contributed by atoms with Gasteiger partial charge in [-0.15, -0.1) is 0 Å². The Kier molecular flexibility index (Phi) is 6.09. The number of ether oxygens (including phenoxy) is 2. The number of rotatable bonds is 3. The summed E-state index contributed by atoms with van der Waals surface area (Å²) in [6, 6.07) is 7.08. The van der Waals surface area contributed by atoms with Gasteiger partial charge in [0, 0.05) is 24.8 Å². The molecular formula is C19H25N3O4. The van der Waals surface area contributed by atoms with Gasteiger partial charge < -0.3 is 19.7 Å². The number of alkyl carbamates (subject to hydrolysis) is 1. The molecule has 1 aromatic rings. The number of piperidine rings is 1. The van der Waals surface area contributed by atoms with Gasteiger partial charge in [-0.1, -0.05) is 0 Å². The molecule has 0 aromatic heterocycles. The third-order valence-electron chi connectivity index (χ3n) is 4.04. The number of nitriles is 1. The van der Waals surface area contributed by atoms with E-state index in [9.17, 15) is 14.9 Å². The molecule has 1 saturated heterocycles. The topological polar surface area (TPSA) is 91.7 Å². The summed E-state index contributed by atoms with van der Waals surface area (Å²) in [7, 11) is 1.29. The van der Waals surface area contributed by atoms with Crippen LogP contribution in [0.2, 0.25) is 0 Å². The molecule has 7 nitrogen and oxygen atoms in total. The van der Waals surface area contributed by atoms with Crippen LogP contribution in [-0.4, -0.2) is 43.9 Å². The molecule has 0 bridgehead atoms. The van der Waals surface area contributed by atoms with Crippen LogP contribution in [0.4, 0.5) is 10.5 Å². The monoisotopic (exact) mass is 359 g/mol. The number of benzene rings is 1. The maximum absolute atomic E-state index is 12.0. The first-order valence-corrected chi connectivity index (χ1v) is 8.60. The van der Waals surface area contributed by atoms with Crippen LogP contribution in [0.3, 0.4) is 0 Å². The quantitative estimate of drug-likeness (QED) is 0.835. The average molecular weight is 359 g/mol. The minimum Gasteiger partial charge on any atom is -0.465 e. The maximum Gasteiger partial charge on any atom is 0.407 e. The molecule has 1 aliphatic rings. The van der Waals surface area contributed by atoms with Crippen LogP contribution in [0.25, 0.3) is 0 Å². The van der Waals surface area contributed by atoms with E-state index in [4.69, 9.17) is 9.47 Å². The number of carbonyl (C=O) groups excluding carboxylic acids is 2. The highest BCUT2D eigenvalue weighted by Crippen LogP contribution is 2.24. The molecule has 0 aliphatic carbocycles. The van der Waals surface area contributed by atoms with E-state index in [1.165, 1.54) is 7.11 Å². The predicted octanol–water partition coefficient (Wildman–Crippen LogP) is 2.84. The molecule has 2 rings (SSSR count). The molecular weight excluding hydrogens is 334 g/mol. The summed E-state index contributed by atoms with van der Waals surface area (Å²) < 4.78 is 10.0. The number of esters is 1. The smallest absolute Gasteiger partial charge is 0.407 e. The molecule has 1 amide bonds. The van der Waals surface area contributed by atoms with Crippen molar-refractivity contribution in [1.82, 2.24) is 5.32 Å². The third-order valence-corrected chi connectivity index (χ3v) is 4.04. The van der Waals surface area contributed by atoms with Gasteiger partial charge in [-0.2, -0.15) is 5.26 Å². The summed E-state index contributed by atoms with van der Waals surface area (Å²) in [6.07, 6.45) is 1.34. The summed E-state index contributed by atoms with van der Waals surface area (Å²) >= 11 is 0. The molecule has 1 aliphatic heterocycles. The van der Waals surface area contributed by atoms with Crippen LogP contribution in [0.15, 0.2) is 18.2 Å². The van der Waals surface area contributed by atoms with Gasteiger partial charge in [0.1, 0.15) is 11.7 Å². The van der Waals surface area contributed by atoms with Gasteiger partial charge in [0.25, 0.3) is 0 Å². The summed E-state index contributed by atoms with van der Waals surface area (Å²) in [6.45, 7) is 6.90. The Morgan fingerprint density at radius 3 is 2.69 bits per heavy atom. The third kappa shape index (κ3) is 5.12. The number of anilines is 1. The molecule has 1 heterocycles. The fraction of sp³-hybridized carbons (Fsp3) is 0.526. The Labute approximate surface area is 153 Å². The standard InChI is InChI=1S/C19H25N3O4/c1-19(2,3)26-18(24)21-14-6-5-9-22(12-14)15-7-8-16(17(23)25-4)13(10-15)11-20/h7-8,10,14H,5-6,9,12H2,1-4H3,(H,21,24). The molecule has 1 aromatic carbocycles. The Balaban J connectivity index is 2.08. The summed E-state index contributed by atoms with van der Waals surface area (Å²) in [5.41, 5.74) is 0.824. The lowest BCUT2D eigenvalue weighted by Crippen LogP contribution is -2.49. The van der Waals surface area contributed by atoms with Crippen molar-refractivity contribution in [1.29, 1.82) is 5.26 Å². The summed E-state index contributed by atoms with van der Waals surface area (Å²) in [5.74, 6) is -0.531. The van der Waals surface area contributed by atoms with E-state index in [1.54, 1.807) is 18.2 Å². The number of methoxy groups -OCH3 is 1. The van der Waals surface area contributed by atoms with Crippen molar-refractivity contribution in [3.63, 3.8) is 0 Å². The predicted molar refractivity (Wildman–Crippen MR) is 97.1 cm³/mol. The molecule has 1 fully saturated rings. The van der Waals surface area contributed by atoms with Gasteiger partial charge >= 0.3 is 12.1 Å². The van der Waals surface area contributed by atoms with Gasteiger partial charge in [0.15, 0.2) is 0 Å². The normalized spacial score (nSPS) is 17.2. The van der Waals surface area contributed by atoms with Crippen molar-refractivity contribution < 1.29 is 19.1 Å². The zero-order valence-electron chi connectivity index (χ0n) is 15.7. The van der Waals surface area contributed by atoms with Crippen LogP contribution in [0, 0.1) is 11.3 Å². The second kappa shape index (κ2) is 8.09. The zero-order valence-corrected chi connectivity index (χ0v) is 15.7. The molecule has 140 valence electrons. The summed E-state index contributed by atoms with van der Waals surface area (Å²) in [4.78, 5) is 25.8. The first kappa shape index (κ1) is 19.6. The van der Waals surface area contributed by atoms with Crippen LogP contribution >= 0.6 is 0 Å². The van der Waals surface area contributed by atoms with E-state index in [0.29, 0.717) is 6.54 Å². The lowest BCUT2D eigenvalue weighted by Gasteiger charge is -2.35. The number of nitrogens with zero attached hydrogens (tertiary/aromatic N) is 2. The SMILES string of the molecule is COC(=O)c1ccc(N2CCCC(NC(=O)OC(C)(C)C)C2)cc1C#N. The van der Waals surface area contributed by atoms with Gasteiger partial charge in [0.05, 0.1) is 18.2 Å². The van der Waals surface area contributed by atoms with Crippen LogP contribution in [0.1, 0.15) is 49.5 Å². The largest absolute Gasteiger partial charge is 0.465 e. The van der Waals surface area contributed by atoms with E-state index < -0.39 is 17.7 Å². The second-order valence-electron chi connectivity index (χ2n) is 7.26. The lowest BCUT2D eigenvalue weighted by molar-refractivity contribution is 0.0499. The number of hydrogen-bond donors (Lipinski definition) is 1. The highest BCUT2D eigenvalue weighted by Gasteiger charge is 2.25. The Hall–Kier alpha value is -2.75. The molecule has 0 saturated carbocycles. The Bertz CT molecular complexity index is 718. The fourth-order valence-corrected chi connectivity index (χ4v) is 2.91. The molecule has 0 spiro atoms. The first-order chi connectivity index (χ1) is 12.2. The van der Waals surface area contributed by atoms with Gasteiger partial charge in [-0.25, -0.2) is 9.59 Å². The zero-order chi connectivity index (χ0) is 19.3. The molecule has 0 radical (unpaired) electrons. The van der Waals surface area contributed by atoms with Gasteiger partial charge in [0.2, 0.25) is 0 Å². The molecule has 26 heavy (non-hydrogen) atoms. The lowest BCUT2D eigenvalue weighted by atomic mass is 10.0. The maximum atomic E-state index is 12.0. The van der Waals surface area contributed by atoms with E-state index in [0.717, 1.165) is 25.1 Å². The minimum absolute atomic E-state index is 0.0376. The second-order valence-corrected chi connectivity index (χ2v) is 7.26. The van der Waals surface area contributed by atoms with Crippen molar-refractivity contribution in [2.24, 2.45) is 0 Å². The van der Waals surface area contributed by atoms with Crippen LogP contribution in [-0.2, 0) is 9.47 Å². The number of amides is 1. The Morgan fingerprint density at radius 2 is 2.08 bits per heavy atom. The van der Waals surface area contributed by atoms with Crippen LogP contribution in [0.5, 0.6) is 0 Å². The van der Waals surface area contributed by atoms with Crippen LogP contribution < -0.4 is 10.2 Å². The van der Waals surface area contributed by atoms with Gasteiger partial charge in [-0.05, 0) is 51.8 Å². The minimum atomic E-state index is -0.538. The van der Waals surface area contributed by atoms with Crippen molar-refractivity contribution in [2.75, 3.05) is 25.1 Å².